The Kier molecular flexibility index (Phi) is 2.86. The van der Waals surface area contributed by atoms with E-state index >= 15 is 0 Å². The van der Waals surface area contributed by atoms with Crippen LogP contribution in [0.5, 0.6) is 5.75 Å². The Morgan fingerprint density at radius 2 is 2.20 bits per heavy atom. The van der Waals surface area contributed by atoms with E-state index in [-0.39, 0.29) is 0 Å². The summed E-state index contributed by atoms with van der Waals surface area (Å²) in [6.45, 7) is 0. The molecule has 7 heteroatoms. The summed E-state index contributed by atoms with van der Waals surface area (Å²) in [6, 6.07) is 5.24. The molecule has 3 aromatic rings. The van der Waals surface area contributed by atoms with Gasteiger partial charge >= 0.3 is 0 Å². The van der Waals surface area contributed by atoms with E-state index in [2.05, 4.69) is 15.1 Å². The van der Waals surface area contributed by atoms with Gasteiger partial charge in [0.25, 0.3) is 5.89 Å². The zero-order valence-corrected chi connectivity index (χ0v) is 11.1. The van der Waals surface area contributed by atoms with E-state index in [1.807, 2.05) is 17.8 Å². The van der Waals surface area contributed by atoms with E-state index in [9.17, 15) is 0 Å². The van der Waals surface area contributed by atoms with Gasteiger partial charge in [0.2, 0.25) is 5.82 Å². The number of methoxy groups -OCH3 is 1. The van der Waals surface area contributed by atoms with Gasteiger partial charge in [-0.1, -0.05) is 5.16 Å². The highest BCUT2D eigenvalue weighted by Gasteiger charge is 2.16. The minimum absolute atomic E-state index is 0.361. The molecule has 0 aliphatic heterocycles. The van der Waals surface area contributed by atoms with E-state index in [1.165, 1.54) is 0 Å². The quantitative estimate of drug-likeness (QED) is 0.729. The van der Waals surface area contributed by atoms with Crippen LogP contribution < -0.4 is 10.5 Å². The van der Waals surface area contributed by atoms with Crippen LogP contribution in [0.1, 0.15) is 0 Å². The molecule has 20 heavy (non-hydrogen) atoms. The topological polar surface area (TPSA) is 92.0 Å². The molecule has 0 aliphatic carbocycles. The lowest BCUT2D eigenvalue weighted by Crippen LogP contribution is -1.93. The molecule has 0 spiro atoms. The molecule has 0 fully saturated rings. The van der Waals surface area contributed by atoms with Gasteiger partial charge in [-0.05, 0) is 12.1 Å². The van der Waals surface area contributed by atoms with Crippen LogP contribution in [0.3, 0.4) is 0 Å². The second-order valence-corrected chi connectivity index (χ2v) is 4.24. The zero-order chi connectivity index (χ0) is 14.1. The van der Waals surface area contributed by atoms with E-state index in [4.69, 9.17) is 15.0 Å². The number of aryl methyl sites for hydroxylation is 1. The summed E-state index contributed by atoms with van der Waals surface area (Å²) in [5.74, 6) is 2.00. The van der Waals surface area contributed by atoms with Crippen LogP contribution in [0.15, 0.2) is 35.1 Å². The zero-order valence-electron chi connectivity index (χ0n) is 11.1. The molecular weight excluding hydrogens is 258 g/mol. The van der Waals surface area contributed by atoms with Gasteiger partial charge in [-0.3, -0.25) is 0 Å². The number of hydrogen-bond acceptors (Lipinski definition) is 6. The standard InChI is InChI=1S/C13H13N5O2/c1-18-6-5-15-12(18)11-16-13(20-17-11)9-4-3-8(14)7-10(9)19-2/h3-7H,14H2,1-2H3. The number of imidazole rings is 1. The molecule has 0 amide bonds. The lowest BCUT2D eigenvalue weighted by atomic mass is 10.2. The molecule has 0 saturated heterocycles. The summed E-state index contributed by atoms with van der Waals surface area (Å²) < 4.78 is 12.4. The van der Waals surface area contributed by atoms with Gasteiger partial charge < -0.3 is 19.6 Å². The monoisotopic (exact) mass is 271 g/mol. The maximum absolute atomic E-state index is 5.72. The highest BCUT2D eigenvalue weighted by Crippen LogP contribution is 2.31. The lowest BCUT2D eigenvalue weighted by Gasteiger charge is -2.05. The van der Waals surface area contributed by atoms with Crippen LogP contribution >= 0.6 is 0 Å². The molecule has 0 atom stereocenters. The first-order valence-electron chi connectivity index (χ1n) is 5.94. The third-order valence-electron chi connectivity index (χ3n) is 2.90. The van der Waals surface area contributed by atoms with Gasteiger partial charge in [0.05, 0.1) is 12.7 Å². The first-order chi connectivity index (χ1) is 9.69. The molecule has 2 N–H and O–H groups in total. The third-order valence-corrected chi connectivity index (χ3v) is 2.90. The Hall–Kier alpha value is -2.83. The Morgan fingerprint density at radius 3 is 2.90 bits per heavy atom. The van der Waals surface area contributed by atoms with Crippen molar-refractivity contribution in [1.29, 1.82) is 0 Å². The SMILES string of the molecule is COc1cc(N)ccc1-c1nc(-c2nccn2C)no1. The van der Waals surface area contributed by atoms with Crippen molar-refractivity contribution in [3.63, 3.8) is 0 Å². The van der Waals surface area contributed by atoms with Gasteiger partial charge in [-0.25, -0.2) is 4.98 Å². The molecule has 102 valence electrons. The predicted molar refractivity (Wildman–Crippen MR) is 72.9 cm³/mol. The molecule has 2 heterocycles. The van der Waals surface area contributed by atoms with Crippen LogP contribution in [0.4, 0.5) is 5.69 Å². The number of rotatable bonds is 3. The predicted octanol–water partition coefficient (Wildman–Crippen LogP) is 1.73. The van der Waals surface area contributed by atoms with E-state index in [0.29, 0.717) is 34.5 Å². The average molecular weight is 271 g/mol. The molecule has 0 bridgehead atoms. The summed E-state index contributed by atoms with van der Waals surface area (Å²) in [4.78, 5) is 8.52. The fourth-order valence-electron chi connectivity index (χ4n) is 1.89. The van der Waals surface area contributed by atoms with Crippen LogP contribution in [-0.2, 0) is 7.05 Å². The van der Waals surface area contributed by atoms with E-state index < -0.39 is 0 Å². The molecule has 1 aromatic carbocycles. The van der Waals surface area contributed by atoms with Crippen LogP contribution in [0.2, 0.25) is 0 Å². The number of aromatic nitrogens is 4. The van der Waals surface area contributed by atoms with Crippen molar-refractivity contribution in [3.05, 3.63) is 30.6 Å². The largest absolute Gasteiger partial charge is 0.496 e. The summed E-state index contributed by atoms with van der Waals surface area (Å²) in [5.41, 5.74) is 7.02. The van der Waals surface area contributed by atoms with Gasteiger partial charge in [-0.2, -0.15) is 4.98 Å². The van der Waals surface area contributed by atoms with Crippen molar-refractivity contribution in [2.75, 3.05) is 12.8 Å². The number of nitrogens with two attached hydrogens (primary N) is 1. The lowest BCUT2D eigenvalue weighted by molar-refractivity contribution is 0.405. The molecular formula is C13H13N5O2. The fraction of sp³-hybridized carbons (Fsp3) is 0.154. The number of nitrogen functional groups attached to an aromatic ring is 1. The summed E-state index contributed by atoms with van der Waals surface area (Å²) in [5, 5.41) is 3.94. The second-order valence-electron chi connectivity index (χ2n) is 4.24. The third kappa shape index (κ3) is 1.99. The number of anilines is 1. The average Bonchev–Trinajstić information content (AvgIpc) is 3.07. The molecule has 2 aromatic heterocycles. The highest BCUT2D eigenvalue weighted by atomic mass is 16.5. The molecule has 7 nitrogen and oxygen atoms in total. The first-order valence-corrected chi connectivity index (χ1v) is 5.94. The number of hydrogen-bond donors (Lipinski definition) is 1. The Labute approximate surface area is 115 Å². The maximum Gasteiger partial charge on any atom is 0.262 e. The highest BCUT2D eigenvalue weighted by molar-refractivity contribution is 5.67. The number of benzene rings is 1. The Morgan fingerprint density at radius 1 is 1.35 bits per heavy atom. The summed E-state index contributed by atoms with van der Waals surface area (Å²) >= 11 is 0. The van der Waals surface area contributed by atoms with Crippen LogP contribution in [0.25, 0.3) is 23.1 Å². The minimum atomic E-state index is 0.361. The summed E-state index contributed by atoms with van der Waals surface area (Å²) in [7, 11) is 3.43. The Balaban J connectivity index is 2.05. The van der Waals surface area contributed by atoms with Crippen molar-refractivity contribution in [1.82, 2.24) is 19.7 Å². The summed E-state index contributed by atoms with van der Waals surface area (Å²) in [6.07, 6.45) is 3.49. The van der Waals surface area contributed by atoms with Crippen LogP contribution in [0, 0.1) is 0 Å². The van der Waals surface area contributed by atoms with E-state index in [0.717, 1.165) is 0 Å². The molecule has 0 unspecified atom stereocenters. The van der Waals surface area contributed by atoms with Crippen molar-refractivity contribution in [3.8, 4) is 28.9 Å². The molecule has 0 saturated carbocycles. The van der Waals surface area contributed by atoms with Gasteiger partial charge in [0.15, 0.2) is 5.82 Å². The molecule has 3 rings (SSSR count). The number of nitrogens with zero attached hydrogens (tertiary/aromatic N) is 4. The fourth-order valence-corrected chi connectivity index (χ4v) is 1.89. The molecule has 0 aliphatic rings. The minimum Gasteiger partial charge on any atom is -0.496 e. The van der Waals surface area contributed by atoms with Crippen molar-refractivity contribution >= 4 is 5.69 Å². The van der Waals surface area contributed by atoms with Crippen LogP contribution in [-0.4, -0.2) is 26.8 Å². The molecule has 0 radical (unpaired) electrons. The van der Waals surface area contributed by atoms with Crippen molar-refractivity contribution < 1.29 is 9.26 Å². The van der Waals surface area contributed by atoms with Gasteiger partial charge in [-0.15, -0.1) is 0 Å². The van der Waals surface area contributed by atoms with E-state index in [1.54, 1.807) is 31.5 Å². The number of ether oxygens (including phenoxy) is 1. The second kappa shape index (κ2) is 4.69. The smallest absolute Gasteiger partial charge is 0.262 e. The maximum atomic E-state index is 5.72. The first kappa shape index (κ1) is 12.2. The van der Waals surface area contributed by atoms with Crippen molar-refractivity contribution in [2.45, 2.75) is 0 Å². The van der Waals surface area contributed by atoms with Crippen molar-refractivity contribution in [2.24, 2.45) is 7.05 Å². The Bertz CT molecular complexity index is 747. The normalized spacial score (nSPS) is 10.7. The van der Waals surface area contributed by atoms with Gasteiger partial charge in [0, 0.05) is 31.2 Å². The van der Waals surface area contributed by atoms with Gasteiger partial charge in [0.1, 0.15) is 5.75 Å².